The van der Waals surface area contributed by atoms with E-state index in [4.69, 9.17) is 23.2 Å². The zero-order valence-electron chi connectivity index (χ0n) is 22.1. The molecule has 41 heavy (non-hydrogen) atoms. The highest BCUT2D eigenvalue weighted by atomic mass is 35.5. The lowest BCUT2D eigenvalue weighted by atomic mass is 10.0. The van der Waals surface area contributed by atoms with Crippen LogP contribution in [0, 0.1) is 12.8 Å². The molecule has 1 aromatic heterocycles. The molecule has 3 aromatic rings. The zero-order chi connectivity index (χ0) is 29.5. The van der Waals surface area contributed by atoms with Crippen LogP contribution in [-0.4, -0.2) is 47.6 Å². The van der Waals surface area contributed by atoms with Crippen LogP contribution in [0.5, 0.6) is 0 Å². The Morgan fingerprint density at radius 3 is 2.56 bits per heavy atom. The fourth-order valence-corrected chi connectivity index (χ4v) is 5.80. The van der Waals surface area contributed by atoms with Crippen LogP contribution in [0.3, 0.4) is 0 Å². The van der Waals surface area contributed by atoms with Gasteiger partial charge in [0.25, 0.3) is 5.91 Å². The number of anilines is 2. The number of rotatable bonds is 8. The second kappa shape index (κ2) is 11.4. The first kappa shape index (κ1) is 29.0. The second-order valence-corrected chi connectivity index (χ2v) is 12.3. The summed E-state index contributed by atoms with van der Waals surface area (Å²) in [6.45, 7) is 3.68. The maximum absolute atomic E-state index is 13.8. The molecule has 214 valence electrons. The molecule has 1 aliphatic carbocycles. The third-order valence-corrected chi connectivity index (χ3v) is 8.48. The van der Waals surface area contributed by atoms with E-state index in [9.17, 15) is 22.6 Å². The highest BCUT2D eigenvalue weighted by Crippen LogP contribution is 2.34. The highest BCUT2D eigenvalue weighted by Gasteiger charge is 2.37. The minimum atomic E-state index is -4.84. The van der Waals surface area contributed by atoms with Gasteiger partial charge in [0.05, 0.1) is 26.9 Å². The number of halogens is 2. The Kier molecular flexibility index (Phi) is 8.06. The Bertz CT molecular complexity index is 1680. The normalized spacial score (nSPS) is 17.6. The number of carbonyl (C=O) groups excluding carboxylic acids is 2. The maximum atomic E-state index is 13.8. The molecule has 2 N–H and O–H groups in total. The van der Waals surface area contributed by atoms with E-state index in [2.05, 4.69) is 20.7 Å². The summed E-state index contributed by atoms with van der Waals surface area (Å²) in [7, 11) is -4.84. The lowest BCUT2D eigenvalue weighted by Crippen LogP contribution is -2.40. The van der Waals surface area contributed by atoms with Crippen LogP contribution in [0.15, 0.2) is 64.7 Å². The molecule has 0 spiro atoms. The van der Waals surface area contributed by atoms with E-state index < -0.39 is 27.0 Å². The molecule has 0 radical (unpaired) electrons. The summed E-state index contributed by atoms with van der Waals surface area (Å²) in [5, 5.41) is 12.1. The third-order valence-electron chi connectivity index (χ3n) is 7.06. The van der Waals surface area contributed by atoms with Gasteiger partial charge in [-0.25, -0.2) is 18.4 Å². The fourth-order valence-electron chi connectivity index (χ4n) is 4.73. The second-order valence-electron chi connectivity index (χ2n) is 10.2. The largest absolute Gasteiger partial charge is 0.744 e. The third kappa shape index (κ3) is 6.38. The van der Waals surface area contributed by atoms with Crippen molar-refractivity contribution in [2.24, 2.45) is 11.0 Å². The van der Waals surface area contributed by atoms with Gasteiger partial charge in [0.15, 0.2) is 5.82 Å². The van der Waals surface area contributed by atoms with Gasteiger partial charge < -0.3 is 15.2 Å². The molecule has 1 aliphatic heterocycles. The SMILES string of the molecule is Cc1ccc(S(=O)(=O)[O-])c(C2=NN(c3ncccc3Cl)C(C(=O)Nc3ccc(Cl)cc3C(=O)NC(C)C3CC3)C2)c1. The van der Waals surface area contributed by atoms with Crippen molar-refractivity contribution in [2.45, 2.75) is 50.1 Å². The molecule has 2 aromatic carbocycles. The lowest BCUT2D eigenvalue weighted by molar-refractivity contribution is -0.117. The van der Waals surface area contributed by atoms with Crippen molar-refractivity contribution in [1.29, 1.82) is 0 Å². The Hall–Kier alpha value is -3.51. The van der Waals surface area contributed by atoms with Crippen molar-refractivity contribution in [3.63, 3.8) is 0 Å². The molecule has 2 atom stereocenters. The van der Waals surface area contributed by atoms with Crippen LogP contribution in [0.2, 0.25) is 10.0 Å². The molecule has 1 saturated carbocycles. The van der Waals surface area contributed by atoms with Crippen LogP contribution in [0.25, 0.3) is 0 Å². The van der Waals surface area contributed by atoms with Gasteiger partial charge in [0.1, 0.15) is 16.2 Å². The number of hydrogen-bond acceptors (Lipinski definition) is 8. The van der Waals surface area contributed by atoms with Crippen LogP contribution < -0.4 is 15.6 Å². The minimum absolute atomic E-state index is 0.0292. The molecule has 2 heterocycles. The number of benzene rings is 2. The molecule has 5 rings (SSSR count). The van der Waals surface area contributed by atoms with Crippen molar-refractivity contribution in [3.8, 4) is 0 Å². The molecule has 2 unspecified atom stereocenters. The van der Waals surface area contributed by atoms with E-state index in [0.29, 0.717) is 16.5 Å². The van der Waals surface area contributed by atoms with E-state index >= 15 is 0 Å². The highest BCUT2D eigenvalue weighted by molar-refractivity contribution is 7.85. The van der Waals surface area contributed by atoms with Crippen LogP contribution in [0.1, 0.15) is 47.7 Å². The van der Waals surface area contributed by atoms with E-state index in [1.54, 1.807) is 25.1 Å². The van der Waals surface area contributed by atoms with Crippen molar-refractivity contribution in [3.05, 3.63) is 81.5 Å². The van der Waals surface area contributed by atoms with Gasteiger partial charge in [-0.05, 0) is 75.1 Å². The van der Waals surface area contributed by atoms with Gasteiger partial charge in [0.2, 0.25) is 5.91 Å². The van der Waals surface area contributed by atoms with Crippen LogP contribution >= 0.6 is 23.2 Å². The predicted molar refractivity (Wildman–Crippen MR) is 156 cm³/mol. The Morgan fingerprint density at radius 2 is 1.88 bits per heavy atom. The molecule has 13 heteroatoms. The Morgan fingerprint density at radius 1 is 1.12 bits per heavy atom. The summed E-state index contributed by atoms with van der Waals surface area (Å²) < 4.78 is 36.1. The summed E-state index contributed by atoms with van der Waals surface area (Å²) in [6.07, 6.45) is 3.50. The number of hydrazone groups is 1. The number of nitrogens with zero attached hydrogens (tertiary/aromatic N) is 3. The number of hydrogen-bond donors (Lipinski definition) is 2. The predicted octanol–water partition coefficient (Wildman–Crippen LogP) is 4.75. The Balaban J connectivity index is 1.50. The van der Waals surface area contributed by atoms with E-state index in [1.165, 1.54) is 41.5 Å². The van der Waals surface area contributed by atoms with Crippen molar-refractivity contribution in [1.82, 2.24) is 10.3 Å². The molecule has 1 fully saturated rings. The molecule has 2 amide bonds. The van der Waals surface area contributed by atoms with E-state index in [1.807, 2.05) is 6.92 Å². The lowest BCUT2D eigenvalue weighted by Gasteiger charge is -2.23. The molecule has 0 saturated heterocycles. The van der Waals surface area contributed by atoms with E-state index in [0.717, 1.165) is 12.8 Å². The summed E-state index contributed by atoms with van der Waals surface area (Å²) in [5.74, 6) is -0.348. The molecular weight excluding hydrogens is 589 g/mol. The smallest absolute Gasteiger partial charge is 0.253 e. The first-order chi connectivity index (χ1) is 19.4. The number of nitrogens with one attached hydrogen (secondary N) is 2. The number of pyridine rings is 1. The van der Waals surface area contributed by atoms with Crippen molar-refractivity contribution in [2.75, 3.05) is 10.3 Å². The van der Waals surface area contributed by atoms with Gasteiger partial charge in [-0.3, -0.25) is 9.59 Å². The molecule has 10 nitrogen and oxygen atoms in total. The minimum Gasteiger partial charge on any atom is -0.744 e. The first-order valence-corrected chi connectivity index (χ1v) is 15.0. The maximum Gasteiger partial charge on any atom is 0.253 e. The van der Waals surface area contributed by atoms with Gasteiger partial charge in [0, 0.05) is 29.2 Å². The van der Waals surface area contributed by atoms with Crippen molar-refractivity contribution >= 4 is 62.4 Å². The van der Waals surface area contributed by atoms with E-state index in [-0.39, 0.29) is 51.7 Å². The average Bonchev–Trinajstić information content (AvgIpc) is 3.68. The van der Waals surface area contributed by atoms with Crippen molar-refractivity contribution < 1.29 is 22.6 Å². The number of amides is 2. The van der Waals surface area contributed by atoms with Gasteiger partial charge in [-0.15, -0.1) is 0 Å². The summed E-state index contributed by atoms with van der Waals surface area (Å²) in [4.78, 5) is 30.7. The molecule has 0 bridgehead atoms. The first-order valence-electron chi connectivity index (χ1n) is 12.9. The fraction of sp³-hybridized carbons (Fsp3) is 0.286. The van der Waals surface area contributed by atoms with Gasteiger partial charge in [-0.2, -0.15) is 5.10 Å². The number of aromatic nitrogens is 1. The van der Waals surface area contributed by atoms with Gasteiger partial charge in [-0.1, -0.05) is 34.8 Å². The topological polar surface area (TPSA) is 144 Å². The summed E-state index contributed by atoms with van der Waals surface area (Å²) >= 11 is 12.6. The monoisotopic (exact) mass is 614 g/mol. The number of carbonyl (C=O) groups is 2. The Labute approximate surface area is 247 Å². The molecular formula is C28H26Cl2N5O5S-. The average molecular weight is 616 g/mol. The summed E-state index contributed by atoms with van der Waals surface area (Å²) in [6, 6.07) is 11.0. The standard InChI is InChI=1S/C28H27Cl2N5O5S/c1-15-5-10-25(41(38,39)40)19(12-15)23-14-24(35(34-23)26-21(30)4-3-11-31-26)28(37)33-22-9-8-18(29)13-20(22)27(36)32-16(2)17-6-7-17/h3-5,8-13,16-17,24H,6-7,14H2,1-2H3,(H,32,36)(H,33,37)(H,38,39,40)/p-1. The summed E-state index contributed by atoms with van der Waals surface area (Å²) in [5.41, 5.74) is 1.41. The molecule has 2 aliphatic rings. The zero-order valence-corrected chi connectivity index (χ0v) is 24.4. The van der Waals surface area contributed by atoms with Crippen LogP contribution in [0.4, 0.5) is 11.5 Å². The number of aryl methyl sites for hydroxylation is 1. The van der Waals surface area contributed by atoms with Gasteiger partial charge >= 0.3 is 0 Å². The van der Waals surface area contributed by atoms with Crippen LogP contribution in [-0.2, 0) is 14.9 Å². The quantitative estimate of drug-likeness (QED) is 0.348.